The van der Waals surface area contributed by atoms with Crippen LogP contribution in [0.3, 0.4) is 0 Å². The first-order chi connectivity index (χ1) is 12.4. The molecule has 130 valence electrons. The Morgan fingerprint density at radius 1 is 0.731 bits per heavy atom. The molecule has 0 amide bonds. The van der Waals surface area contributed by atoms with Gasteiger partial charge in [0.1, 0.15) is 5.41 Å². The van der Waals surface area contributed by atoms with Crippen molar-refractivity contribution in [1.29, 1.82) is 0 Å². The number of fused-ring (bicyclic) bond motifs is 1. The average Bonchev–Trinajstić information content (AvgIpc) is 3.00. The van der Waals surface area contributed by atoms with Crippen LogP contribution in [0, 0.1) is 0 Å². The van der Waals surface area contributed by atoms with E-state index >= 15 is 0 Å². The number of halogens is 4. The predicted octanol–water partition coefficient (Wildman–Crippen LogP) is 6.63. The first-order valence-corrected chi connectivity index (χ1v) is 8.52. The van der Waals surface area contributed by atoms with Crippen molar-refractivity contribution in [3.8, 4) is 0 Å². The van der Waals surface area contributed by atoms with Gasteiger partial charge >= 0.3 is 6.18 Å². The first-order valence-electron chi connectivity index (χ1n) is 8.14. The number of allylic oxidation sites excluding steroid dienone is 1. The largest absolute Gasteiger partial charge is 0.405 e. The van der Waals surface area contributed by atoms with E-state index in [0.717, 1.165) is 5.56 Å². The SMILES string of the molecule is FC(F)(F)C1(c2ccc(Cl)cc2)C=C(c2ccccc2)c2ccccc21. The van der Waals surface area contributed by atoms with Crippen molar-refractivity contribution in [2.24, 2.45) is 0 Å². The second-order valence-electron chi connectivity index (χ2n) is 6.28. The van der Waals surface area contributed by atoms with Crippen LogP contribution in [0.5, 0.6) is 0 Å². The van der Waals surface area contributed by atoms with Crippen molar-refractivity contribution < 1.29 is 13.2 Å². The molecule has 0 N–H and O–H groups in total. The molecule has 0 aromatic heterocycles. The Morgan fingerprint density at radius 2 is 1.35 bits per heavy atom. The van der Waals surface area contributed by atoms with Gasteiger partial charge in [0.25, 0.3) is 0 Å². The zero-order valence-electron chi connectivity index (χ0n) is 13.6. The molecule has 0 spiro atoms. The van der Waals surface area contributed by atoms with Crippen molar-refractivity contribution in [2.75, 3.05) is 0 Å². The lowest BCUT2D eigenvalue weighted by Gasteiger charge is -2.32. The summed E-state index contributed by atoms with van der Waals surface area (Å²) in [5.41, 5.74) is 0.167. The summed E-state index contributed by atoms with van der Waals surface area (Å²) in [7, 11) is 0. The molecule has 1 unspecified atom stereocenters. The first kappa shape index (κ1) is 16.9. The highest BCUT2D eigenvalue weighted by atomic mass is 35.5. The Labute approximate surface area is 154 Å². The number of benzene rings is 3. The van der Waals surface area contributed by atoms with Gasteiger partial charge in [-0.2, -0.15) is 13.2 Å². The van der Waals surface area contributed by atoms with E-state index in [4.69, 9.17) is 11.6 Å². The smallest absolute Gasteiger partial charge is 0.169 e. The molecule has 3 aromatic rings. The van der Waals surface area contributed by atoms with Crippen LogP contribution in [0.25, 0.3) is 5.57 Å². The van der Waals surface area contributed by atoms with E-state index in [0.29, 0.717) is 16.2 Å². The van der Waals surface area contributed by atoms with Gasteiger partial charge in [-0.1, -0.05) is 84.4 Å². The van der Waals surface area contributed by atoms with E-state index in [9.17, 15) is 13.2 Å². The van der Waals surface area contributed by atoms with E-state index in [2.05, 4.69) is 0 Å². The zero-order valence-corrected chi connectivity index (χ0v) is 14.4. The monoisotopic (exact) mass is 370 g/mol. The molecule has 3 aromatic carbocycles. The highest BCUT2D eigenvalue weighted by molar-refractivity contribution is 6.30. The molecule has 1 atom stereocenters. The van der Waals surface area contributed by atoms with Gasteiger partial charge in [0.05, 0.1) is 0 Å². The van der Waals surface area contributed by atoms with Crippen molar-refractivity contribution in [3.05, 3.63) is 112 Å². The minimum atomic E-state index is -4.49. The molecule has 0 nitrogen and oxygen atoms in total. The van der Waals surface area contributed by atoms with Crippen molar-refractivity contribution in [1.82, 2.24) is 0 Å². The number of rotatable bonds is 2. The zero-order chi connectivity index (χ0) is 18.4. The summed E-state index contributed by atoms with van der Waals surface area (Å²) in [6.07, 6.45) is -3.15. The normalized spacial score (nSPS) is 19.2. The van der Waals surface area contributed by atoms with Gasteiger partial charge in [0, 0.05) is 5.02 Å². The molecule has 0 heterocycles. The molecule has 0 radical (unpaired) electrons. The average molecular weight is 371 g/mol. The summed E-state index contributed by atoms with van der Waals surface area (Å²) in [6.45, 7) is 0. The predicted molar refractivity (Wildman–Crippen MR) is 98.3 cm³/mol. The maximum Gasteiger partial charge on any atom is 0.405 e. The summed E-state index contributed by atoms with van der Waals surface area (Å²) >= 11 is 5.91. The van der Waals surface area contributed by atoms with Crippen LogP contribution in [-0.2, 0) is 5.41 Å². The molecule has 0 bridgehead atoms. The highest BCUT2D eigenvalue weighted by Crippen LogP contribution is 2.55. The molecular formula is C22H14ClF3. The van der Waals surface area contributed by atoms with Gasteiger partial charge < -0.3 is 0 Å². The lowest BCUT2D eigenvalue weighted by atomic mass is 9.75. The molecule has 1 aliphatic carbocycles. The van der Waals surface area contributed by atoms with E-state index < -0.39 is 11.6 Å². The van der Waals surface area contributed by atoms with Crippen molar-refractivity contribution in [3.63, 3.8) is 0 Å². The summed E-state index contributed by atoms with van der Waals surface area (Å²) in [5.74, 6) is 0. The fourth-order valence-electron chi connectivity index (χ4n) is 3.64. The Hall–Kier alpha value is -2.52. The van der Waals surface area contributed by atoms with Crippen molar-refractivity contribution in [2.45, 2.75) is 11.6 Å². The number of hydrogen-bond acceptors (Lipinski definition) is 0. The van der Waals surface area contributed by atoms with E-state index in [1.54, 1.807) is 24.3 Å². The molecule has 0 saturated heterocycles. The Balaban J connectivity index is 2.06. The molecule has 4 rings (SSSR count). The third kappa shape index (κ3) is 2.46. The summed E-state index contributed by atoms with van der Waals surface area (Å²) in [4.78, 5) is 0. The topological polar surface area (TPSA) is 0 Å². The second kappa shape index (κ2) is 6.03. The second-order valence-corrected chi connectivity index (χ2v) is 6.72. The Bertz CT molecular complexity index is 972. The third-order valence-electron chi connectivity index (χ3n) is 4.83. The van der Waals surface area contributed by atoms with Gasteiger partial charge in [0.15, 0.2) is 0 Å². The van der Waals surface area contributed by atoms with Gasteiger partial charge in [-0.15, -0.1) is 0 Å². The standard InChI is InChI=1S/C22H14ClF3/c23-17-12-10-16(11-13-17)21(22(24,25)26)14-19(15-6-2-1-3-7-15)18-8-4-5-9-20(18)21/h1-14H. The van der Waals surface area contributed by atoms with Crippen molar-refractivity contribution >= 4 is 17.2 Å². The Kier molecular flexibility index (Phi) is 3.92. The highest BCUT2D eigenvalue weighted by Gasteiger charge is 2.59. The molecule has 0 aliphatic heterocycles. The maximum atomic E-state index is 14.5. The fourth-order valence-corrected chi connectivity index (χ4v) is 3.77. The third-order valence-corrected chi connectivity index (χ3v) is 5.09. The summed E-state index contributed by atoms with van der Waals surface area (Å²) < 4.78 is 43.5. The maximum absolute atomic E-state index is 14.5. The van der Waals surface area contributed by atoms with Crippen LogP contribution in [0.2, 0.25) is 5.02 Å². The van der Waals surface area contributed by atoms with E-state index in [-0.39, 0.29) is 11.1 Å². The molecule has 1 aliphatic rings. The minimum Gasteiger partial charge on any atom is -0.169 e. The minimum absolute atomic E-state index is 0.160. The van der Waals surface area contributed by atoms with Crippen LogP contribution >= 0.6 is 11.6 Å². The fraction of sp³-hybridized carbons (Fsp3) is 0.0909. The van der Waals surface area contributed by atoms with E-state index in [1.165, 1.54) is 30.3 Å². The van der Waals surface area contributed by atoms with Crippen LogP contribution in [-0.4, -0.2) is 6.18 Å². The van der Waals surface area contributed by atoms with Crippen LogP contribution in [0.15, 0.2) is 84.9 Å². The lowest BCUT2D eigenvalue weighted by molar-refractivity contribution is -0.163. The molecular weight excluding hydrogens is 357 g/mol. The van der Waals surface area contributed by atoms with Crippen LogP contribution in [0.1, 0.15) is 22.3 Å². The molecule has 26 heavy (non-hydrogen) atoms. The molecule has 0 fully saturated rings. The van der Waals surface area contributed by atoms with Gasteiger partial charge in [-0.05, 0) is 40.0 Å². The molecule has 0 saturated carbocycles. The number of alkyl halides is 3. The quantitative estimate of drug-likeness (QED) is 0.474. The van der Waals surface area contributed by atoms with Gasteiger partial charge in [-0.25, -0.2) is 0 Å². The lowest BCUT2D eigenvalue weighted by Crippen LogP contribution is -2.40. The van der Waals surface area contributed by atoms with Crippen LogP contribution in [0.4, 0.5) is 13.2 Å². The van der Waals surface area contributed by atoms with E-state index in [1.807, 2.05) is 30.3 Å². The molecule has 4 heteroatoms. The van der Waals surface area contributed by atoms with Gasteiger partial charge in [-0.3, -0.25) is 0 Å². The summed E-state index contributed by atoms with van der Waals surface area (Å²) in [5, 5.41) is 0.407. The summed E-state index contributed by atoms with van der Waals surface area (Å²) in [6, 6.07) is 21.8. The van der Waals surface area contributed by atoms with Gasteiger partial charge in [0.2, 0.25) is 0 Å². The number of hydrogen-bond donors (Lipinski definition) is 0. The van der Waals surface area contributed by atoms with Crippen LogP contribution < -0.4 is 0 Å². The Morgan fingerprint density at radius 3 is 2.00 bits per heavy atom.